The Morgan fingerprint density at radius 3 is 2.43 bits per heavy atom. The molecule has 0 spiro atoms. The third-order valence-corrected chi connectivity index (χ3v) is 7.58. The first kappa shape index (κ1) is 23.9. The van der Waals surface area contributed by atoms with Crippen LogP contribution in [0.2, 0.25) is 0 Å². The van der Waals surface area contributed by atoms with Crippen molar-refractivity contribution in [2.75, 3.05) is 0 Å². The Kier molecular flexibility index (Phi) is 7.09. The number of ether oxygens (including phenoxy) is 1. The summed E-state index contributed by atoms with van der Waals surface area (Å²) >= 11 is 7.89. The Hall–Kier alpha value is -2.87. The fraction of sp³-hybridized carbons (Fsp3) is 0.0714. The number of fused-ring (bicyclic) bond motifs is 1. The number of thioether (sulfide) groups is 1. The third-order valence-electron chi connectivity index (χ3n) is 5.65. The number of hydrogen-bond acceptors (Lipinski definition) is 4. The topological polar surface area (TPSA) is 46.6 Å². The number of rotatable bonds is 6. The van der Waals surface area contributed by atoms with Crippen LogP contribution in [0.3, 0.4) is 0 Å². The van der Waals surface area contributed by atoms with Gasteiger partial charge in [0, 0.05) is 14.5 Å². The van der Waals surface area contributed by atoms with Crippen molar-refractivity contribution in [2.45, 2.75) is 13.2 Å². The Bertz CT molecular complexity index is 1460. The molecule has 35 heavy (non-hydrogen) atoms. The second kappa shape index (κ2) is 10.4. The average molecular weight is 609 g/mol. The summed E-state index contributed by atoms with van der Waals surface area (Å²) in [5.41, 5.74) is 2.69. The van der Waals surface area contributed by atoms with E-state index in [1.807, 2.05) is 84.9 Å². The highest BCUT2D eigenvalue weighted by molar-refractivity contribution is 9.10. The maximum absolute atomic E-state index is 13.2. The average Bonchev–Trinajstić information content (AvgIpc) is 3.12. The van der Waals surface area contributed by atoms with E-state index in [-0.39, 0.29) is 17.7 Å². The molecule has 0 radical (unpaired) electrons. The van der Waals surface area contributed by atoms with Crippen LogP contribution >= 0.6 is 43.6 Å². The molecule has 4 nitrogen and oxygen atoms in total. The van der Waals surface area contributed by atoms with Crippen molar-refractivity contribution in [2.24, 2.45) is 0 Å². The number of carbonyl (C=O) groups is 2. The molecular weight excluding hydrogens is 590 g/mol. The van der Waals surface area contributed by atoms with Gasteiger partial charge >= 0.3 is 0 Å². The van der Waals surface area contributed by atoms with Crippen LogP contribution in [0.15, 0.2) is 98.8 Å². The Labute approximate surface area is 224 Å². The first-order chi connectivity index (χ1) is 17.0. The molecular formula is C28H19Br2NO3S. The molecule has 0 N–H and O–H groups in total. The minimum atomic E-state index is -0.299. The van der Waals surface area contributed by atoms with Gasteiger partial charge in [0.25, 0.3) is 11.1 Å². The zero-order chi connectivity index (χ0) is 24.4. The number of imide groups is 1. The Morgan fingerprint density at radius 2 is 1.60 bits per heavy atom. The summed E-state index contributed by atoms with van der Waals surface area (Å²) in [6.45, 7) is 0.618. The lowest BCUT2D eigenvalue weighted by molar-refractivity contribution is -0.123. The standard InChI is InChI=1S/C28H19Br2NO3S/c29-22-10-8-18(9-11-22)17-34-25-13-12-23(30)14-21(25)15-26-27(32)31(28(33)35-26)16-20-6-3-5-19-4-1-2-7-24(19)20/h1-15H,16-17H2/b26-15+. The third kappa shape index (κ3) is 5.37. The molecule has 1 aliphatic rings. The molecule has 2 amide bonds. The predicted molar refractivity (Wildman–Crippen MR) is 148 cm³/mol. The van der Waals surface area contributed by atoms with Gasteiger partial charge in [0.15, 0.2) is 0 Å². The summed E-state index contributed by atoms with van der Waals surface area (Å²) in [4.78, 5) is 27.7. The van der Waals surface area contributed by atoms with E-state index < -0.39 is 0 Å². The van der Waals surface area contributed by atoms with Crippen LogP contribution in [0.1, 0.15) is 16.7 Å². The van der Waals surface area contributed by atoms with E-state index in [1.54, 1.807) is 6.08 Å². The molecule has 1 aliphatic heterocycles. The van der Waals surface area contributed by atoms with Crippen molar-refractivity contribution < 1.29 is 14.3 Å². The van der Waals surface area contributed by atoms with Gasteiger partial charge in [-0.1, -0.05) is 86.5 Å². The van der Waals surface area contributed by atoms with Gasteiger partial charge in [0.05, 0.1) is 11.4 Å². The number of carbonyl (C=O) groups excluding carboxylic acids is 2. The van der Waals surface area contributed by atoms with Gasteiger partial charge in [-0.2, -0.15) is 0 Å². The maximum Gasteiger partial charge on any atom is 0.293 e. The van der Waals surface area contributed by atoms with E-state index >= 15 is 0 Å². The number of nitrogens with zero attached hydrogens (tertiary/aromatic N) is 1. The minimum Gasteiger partial charge on any atom is -0.488 e. The minimum absolute atomic E-state index is 0.231. The number of benzene rings is 4. The SMILES string of the molecule is O=C1S/C(=C/c2cc(Br)ccc2OCc2ccc(Br)cc2)C(=O)N1Cc1cccc2ccccc12. The summed E-state index contributed by atoms with van der Waals surface area (Å²) in [6, 6.07) is 27.4. The quantitative estimate of drug-likeness (QED) is 0.207. The monoisotopic (exact) mass is 607 g/mol. The zero-order valence-corrected chi connectivity index (χ0v) is 22.4. The highest BCUT2D eigenvalue weighted by Crippen LogP contribution is 2.36. The van der Waals surface area contributed by atoms with Gasteiger partial charge in [-0.3, -0.25) is 14.5 Å². The predicted octanol–water partition coefficient (Wildman–Crippen LogP) is 8.18. The van der Waals surface area contributed by atoms with Gasteiger partial charge in [-0.05, 0) is 70.1 Å². The number of amides is 2. The molecule has 1 fully saturated rings. The largest absolute Gasteiger partial charge is 0.488 e. The summed E-state index contributed by atoms with van der Waals surface area (Å²) in [6.07, 6.45) is 1.73. The molecule has 174 valence electrons. The Balaban J connectivity index is 1.39. The molecule has 5 rings (SSSR count). The molecule has 4 aromatic rings. The van der Waals surface area contributed by atoms with Crippen molar-refractivity contribution in [3.05, 3.63) is 115 Å². The van der Waals surface area contributed by atoms with Crippen LogP contribution in [-0.2, 0) is 17.9 Å². The van der Waals surface area contributed by atoms with Crippen LogP contribution in [-0.4, -0.2) is 16.0 Å². The van der Waals surface area contributed by atoms with Crippen LogP contribution in [0.4, 0.5) is 4.79 Å². The normalized spacial score (nSPS) is 14.8. The molecule has 7 heteroatoms. The second-order valence-corrected chi connectivity index (χ2v) is 10.8. The molecule has 0 bridgehead atoms. The van der Waals surface area contributed by atoms with E-state index in [0.717, 1.165) is 48.2 Å². The van der Waals surface area contributed by atoms with E-state index in [2.05, 4.69) is 31.9 Å². The van der Waals surface area contributed by atoms with Crippen LogP contribution in [0, 0.1) is 0 Å². The lowest BCUT2D eigenvalue weighted by atomic mass is 10.0. The highest BCUT2D eigenvalue weighted by Gasteiger charge is 2.35. The highest BCUT2D eigenvalue weighted by atomic mass is 79.9. The molecule has 0 unspecified atom stereocenters. The smallest absolute Gasteiger partial charge is 0.293 e. The first-order valence-corrected chi connectivity index (χ1v) is 13.3. The van der Waals surface area contributed by atoms with Crippen LogP contribution < -0.4 is 4.74 Å². The zero-order valence-electron chi connectivity index (χ0n) is 18.4. The van der Waals surface area contributed by atoms with Gasteiger partial charge in [-0.15, -0.1) is 0 Å². The van der Waals surface area contributed by atoms with Crippen molar-refractivity contribution >= 4 is 71.6 Å². The molecule has 0 aliphatic carbocycles. The van der Waals surface area contributed by atoms with Gasteiger partial charge in [0.1, 0.15) is 12.4 Å². The summed E-state index contributed by atoms with van der Waals surface area (Å²) < 4.78 is 7.92. The second-order valence-electron chi connectivity index (χ2n) is 8.00. The lowest BCUT2D eigenvalue weighted by Gasteiger charge is -2.14. The summed E-state index contributed by atoms with van der Waals surface area (Å²) in [7, 11) is 0. The molecule has 4 aromatic carbocycles. The molecule has 0 aromatic heterocycles. The van der Waals surface area contributed by atoms with Gasteiger partial charge in [-0.25, -0.2) is 0 Å². The van der Waals surface area contributed by atoms with Crippen LogP contribution in [0.5, 0.6) is 5.75 Å². The fourth-order valence-electron chi connectivity index (χ4n) is 3.88. The molecule has 0 atom stereocenters. The maximum atomic E-state index is 13.2. The van der Waals surface area contributed by atoms with Gasteiger partial charge in [0.2, 0.25) is 0 Å². The Morgan fingerprint density at radius 1 is 0.857 bits per heavy atom. The fourth-order valence-corrected chi connectivity index (χ4v) is 5.36. The van der Waals surface area contributed by atoms with Crippen molar-refractivity contribution in [1.82, 2.24) is 4.90 Å². The molecule has 0 saturated carbocycles. The van der Waals surface area contributed by atoms with E-state index in [0.29, 0.717) is 17.3 Å². The van der Waals surface area contributed by atoms with E-state index in [9.17, 15) is 9.59 Å². The van der Waals surface area contributed by atoms with E-state index in [4.69, 9.17) is 4.74 Å². The van der Waals surface area contributed by atoms with Crippen molar-refractivity contribution in [3.8, 4) is 5.75 Å². The number of halogens is 2. The summed E-state index contributed by atoms with van der Waals surface area (Å²) in [5, 5.41) is 1.84. The van der Waals surface area contributed by atoms with E-state index in [1.165, 1.54) is 4.90 Å². The molecule has 1 saturated heterocycles. The van der Waals surface area contributed by atoms with Crippen molar-refractivity contribution in [1.29, 1.82) is 0 Å². The number of hydrogen-bond donors (Lipinski definition) is 0. The molecule has 1 heterocycles. The van der Waals surface area contributed by atoms with Gasteiger partial charge < -0.3 is 4.74 Å². The summed E-state index contributed by atoms with van der Waals surface area (Å²) in [5.74, 6) is 0.337. The first-order valence-electron chi connectivity index (χ1n) is 10.9. The lowest BCUT2D eigenvalue weighted by Crippen LogP contribution is -2.27. The van der Waals surface area contributed by atoms with Crippen LogP contribution in [0.25, 0.3) is 16.8 Å². The van der Waals surface area contributed by atoms with Crippen molar-refractivity contribution in [3.63, 3.8) is 0 Å².